The van der Waals surface area contributed by atoms with Crippen LogP contribution in [0.15, 0.2) is 63.5 Å². The van der Waals surface area contributed by atoms with Gasteiger partial charge in [-0.05, 0) is 35.7 Å². The molecule has 0 heterocycles. The Bertz CT molecular complexity index is 802. The summed E-state index contributed by atoms with van der Waals surface area (Å²) < 4.78 is 2.03. The summed E-state index contributed by atoms with van der Waals surface area (Å²) in [5, 5.41) is 15.6. The smallest absolute Gasteiger partial charge is 0.120 e. The zero-order valence-corrected chi connectivity index (χ0v) is 14.3. The topological polar surface area (TPSA) is 32.3 Å². The van der Waals surface area contributed by atoms with Crippen LogP contribution in [0.5, 0.6) is 5.75 Å². The summed E-state index contributed by atoms with van der Waals surface area (Å²) in [6.45, 7) is 0.566. The molecule has 2 nitrogen and oxygen atoms in total. The molecule has 0 radical (unpaired) electrons. The van der Waals surface area contributed by atoms with Crippen LogP contribution in [0.3, 0.4) is 0 Å². The molecule has 3 rings (SSSR count). The highest BCUT2D eigenvalue weighted by atomic mass is 79.9. The number of phenolic OH excluding ortho intramolecular Hbond substituents is 1. The van der Waals surface area contributed by atoms with Crippen LogP contribution in [0.25, 0.3) is 10.8 Å². The number of anilines is 1. The molecule has 0 bridgehead atoms. The van der Waals surface area contributed by atoms with Gasteiger partial charge < -0.3 is 10.4 Å². The monoisotopic (exact) mass is 405 g/mol. The summed E-state index contributed by atoms with van der Waals surface area (Å²) >= 11 is 7.00. The van der Waals surface area contributed by atoms with Crippen LogP contribution in [0.1, 0.15) is 5.56 Å². The maximum absolute atomic E-state index is 9.90. The van der Waals surface area contributed by atoms with Gasteiger partial charge in [0, 0.05) is 32.1 Å². The molecule has 3 aromatic rings. The van der Waals surface area contributed by atoms with Crippen molar-refractivity contribution < 1.29 is 5.11 Å². The predicted octanol–water partition coefficient (Wildman–Crippen LogP) is 5.68. The Morgan fingerprint density at radius 2 is 1.67 bits per heavy atom. The van der Waals surface area contributed by atoms with E-state index < -0.39 is 0 Å². The quantitative estimate of drug-likeness (QED) is 0.586. The number of phenols is 1. The first-order valence-corrected chi connectivity index (χ1v) is 8.12. The van der Waals surface area contributed by atoms with Crippen molar-refractivity contribution in [3.63, 3.8) is 0 Å². The third-order valence-corrected chi connectivity index (χ3v) is 4.57. The van der Waals surface area contributed by atoms with Crippen molar-refractivity contribution >= 4 is 48.3 Å². The normalized spacial score (nSPS) is 10.8. The van der Waals surface area contributed by atoms with Crippen molar-refractivity contribution in [1.82, 2.24) is 0 Å². The molecule has 2 N–H and O–H groups in total. The third kappa shape index (κ3) is 3.06. The molecule has 0 atom stereocenters. The van der Waals surface area contributed by atoms with Crippen LogP contribution >= 0.6 is 31.9 Å². The van der Waals surface area contributed by atoms with Gasteiger partial charge in [0.25, 0.3) is 0 Å². The lowest BCUT2D eigenvalue weighted by molar-refractivity contribution is 0.469. The van der Waals surface area contributed by atoms with Crippen molar-refractivity contribution in [2.45, 2.75) is 6.54 Å². The lowest BCUT2D eigenvalue weighted by Crippen LogP contribution is -2.00. The number of fused-ring (bicyclic) bond motifs is 1. The standard InChI is InChI=1S/C17H13Br2NO/c18-12-5-8-17(21)11(9-12)10-20-16-7-6-15(19)13-3-1-2-4-14(13)16/h1-9,20-21H,10H2. The van der Waals surface area contributed by atoms with Gasteiger partial charge in [-0.1, -0.05) is 56.1 Å². The van der Waals surface area contributed by atoms with Gasteiger partial charge in [-0.25, -0.2) is 0 Å². The first-order chi connectivity index (χ1) is 10.1. The van der Waals surface area contributed by atoms with Gasteiger partial charge in [-0.3, -0.25) is 0 Å². The highest BCUT2D eigenvalue weighted by molar-refractivity contribution is 9.11. The summed E-state index contributed by atoms with van der Waals surface area (Å²) in [6.07, 6.45) is 0. The van der Waals surface area contributed by atoms with Crippen molar-refractivity contribution in [1.29, 1.82) is 0 Å². The Kier molecular flexibility index (Phi) is 4.17. The Morgan fingerprint density at radius 1 is 0.905 bits per heavy atom. The van der Waals surface area contributed by atoms with Gasteiger partial charge in [0.1, 0.15) is 5.75 Å². The minimum atomic E-state index is 0.298. The maximum Gasteiger partial charge on any atom is 0.120 e. The van der Waals surface area contributed by atoms with E-state index in [1.165, 1.54) is 5.39 Å². The van der Waals surface area contributed by atoms with E-state index in [4.69, 9.17) is 0 Å². The molecule has 3 aromatic carbocycles. The highest BCUT2D eigenvalue weighted by Gasteiger charge is 2.06. The fourth-order valence-corrected chi connectivity index (χ4v) is 3.19. The van der Waals surface area contributed by atoms with Gasteiger partial charge in [-0.15, -0.1) is 0 Å². The number of halogens is 2. The summed E-state index contributed by atoms with van der Waals surface area (Å²) in [7, 11) is 0. The number of nitrogens with one attached hydrogen (secondary N) is 1. The number of benzene rings is 3. The average Bonchev–Trinajstić information content (AvgIpc) is 2.50. The molecule has 0 amide bonds. The molecular weight excluding hydrogens is 394 g/mol. The molecule has 0 unspecified atom stereocenters. The minimum absolute atomic E-state index is 0.298. The van der Waals surface area contributed by atoms with Gasteiger partial charge in [-0.2, -0.15) is 0 Å². The Morgan fingerprint density at radius 3 is 2.48 bits per heavy atom. The molecule has 0 aliphatic carbocycles. The van der Waals surface area contributed by atoms with Crippen molar-refractivity contribution in [3.05, 3.63) is 69.1 Å². The van der Waals surface area contributed by atoms with E-state index in [0.717, 1.165) is 25.6 Å². The molecule has 0 saturated heterocycles. The Labute approximate surface area is 140 Å². The number of aromatic hydroxyl groups is 1. The molecular formula is C17H13Br2NO. The molecule has 0 aliphatic rings. The predicted molar refractivity (Wildman–Crippen MR) is 94.8 cm³/mol. The number of rotatable bonds is 3. The van der Waals surface area contributed by atoms with Crippen molar-refractivity contribution in [3.8, 4) is 5.75 Å². The van der Waals surface area contributed by atoms with E-state index in [1.807, 2.05) is 36.4 Å². The summed E-state index contributed by atoms with van der Waals surface area (Å²) in [6, 6.07) is 17.7. The van der Waals surface area contributed by atoms with Crippen LogP contribution in [-0.2, 0) is 6.54 Å². The van der Waals surface area contributed by atoms with Gasteiger partial charge in [0.15, 0.2) is 0 Å². The molecule has 0 saturated carbocycles. The van der Waals surface area contributed by atoms with E-state index in [-0.39, 0.29) is 0 Å². The van der Waals surface area contributed by atoms with E-state index >= 15 is 0 Å². The SMILES string of the molecule is Oc1ccc(Br)cc1CNc1ccc(Br)c2ccccc12. The average molecular weight is 407 g/mol. The fraction of sp³-hybridized carbons (Fsp3) is 0.0588. The van der Waals surface area contributed by atoms with Gasteiger partial charge in [0.2, 0.25) is 0 Å². The molecule has 0 spiro atoms. The molecule has 0 aliphatic heterocycles. The van der Waals surface area contributed by atoms with Gasteiger partial charge >= 0.3 is 0 Å². The summed E-state index contributed by atoms with van der Waals surface area (Å²) in [5.41, 5.74) is 1.91. The van der Waals surface area contributed by atoms with E-state index in [2.05, 4.69) is 49.3 Å². The van der Waals surface area contributed by atoms with Crippen molar-refractivity contribution in [2.24, 2.45) is 0 Å². The number of hydrogen-bond donors (Lipinski definition) is 2. The van der Waals surface area contributed by atoms with Crippen molar-refractivity contribution in [2.75, 3.05) is 5.32 Å². The third-order valence-electron chi connectivity index (χ3n) is 3.38. The highest BCUT2D eigenvalue weighted by Crippen LogP contribution is 2.31. The lowest BCUT2D eigenvalue weighted by Gasteiger charge is -2.12. The van der Waals surface area contributed by atoms with Crippen LogP contribution in [0.2, 0.25) is 0 Å². The maximum atomic E-state index is 9.90. The number of hydrogen-bond acceptors (Lipinski definition) is 2. The van der Waals surface area contributed by atoms with Crippen LogP contribution < -0.4 is 5.32 Å². The molecule has 4 heteroatoms. The largest absolute Gasteiger partial charge is 0.508 e. The van der Waals surface area contributed by atoms with E-state index in [0.29, 0.717) is 12.3 Å². The van der Waals surface area contributed by atoms with Crippen LogP contribution in [0.4, 0.5) is 5.69 Å². The molecule has 21 heavy (non-hydrogen) atoms. The second-order valence-electron chi connectivity index (χ2n) is 4.77. The zero-order valence-electron chi connectivity index (χ0n) is 11.1. The Hall–Kier alpha value is -1.52. The first kappa shape index (κ1) is 14.4. The lowest BCUT2D eigenvalue weighted by atomic mass is 10.1. The minimum Gasteiger partial charge on any atom is -0.508 e. The first-order valence-electron chi connectivity index (χ1n) is 6.53. The molecule has 0 aromatic heterocycles. The van der Waals surface area contributed by atoms with Crippen LogP contribution in [-0.4, -0.2) is 5.11 Å². The second-order valence-corrected chi connectivity index (χ2v) is 6.54. The summed E-state index contributed by atoms with van der Waals surface area (Å²) in [5.74, 6) is 0.298. The molecule has 0 fully saturated rings. The summed E-state index contributed by atoms with van der Waals surface area (Å²) in [4.78, 5) is 0. The molecule has 106 valence electrons. The van der Waals surface area contributed by atoms with Gasteiger partial charge in [0.05, 0.1) is 0 Å². The van der Waals surface area contributed by atoms with Crippen LogP contribution in [0, 0.1) is 0 Å². The van der Waals surface area contributed by atoms with E-state index in [9.17, 15) is 5.11 Å². The zero-order chi connectivity index (χ0) is 14.8. The fourth-order valence-electron chi connectivity index (χ4n) is 2.30. The second kappa shape index (κ2) is 6.08. The van der Waals surface area contributed by atoms with E-state index in [1.54, 1.807) is 6.07 Å². The Balaban J connectivity index is 1.92.